The van der Waals surface area contributed by atoms with Gasteiger partial charge < -0.3 is 20.9 Å². The number of hydrogen-bond donors (Lipinski definition) is 3. The van der Waals surface area contributed by atoms with Crippen molar-refractivity contribution >= 4 is 28.6 Å². The number of carbonyl (C=O) groups is 1. The Bertz CT molecular complexity index is 1030. The lowest BCUT2D eigenvalue weighted by molar-refractivity contribution is -0.124. The molecule has 4 atom stereocenters. The van der Waals surface area contributed by atoms with E-state index in [1.165, 1.54) is 11.3 Å². The molecule has 30 heavy (non-hydrogen) atoms. The number of nitrogens with two attached hydrogens (primary N) is 1. The molecule has 0 radical (unpaired) electrons. The van der Waals surface area contributed by atoms with Crippen LogP contribution in [0.4, 0.5) is 11.4 Å². The van der Waals surface area contributed by atoms with Gasteiger partial charge >= 0.3 is 0 Å². The van der Waals surface area contributed by atoms with Crippen molar-refractivity contribution < 1.29 is 14.6 Å². The van der Waals surface area contributed by atoms with Gasteiger partial charge in [0.15, 0.2) is 5.69 Å². The Hall–Kier alpha value is -2.88. The first-order valence-electron chi connectivity index (χ1n) is 9.69. The van der Waals surface area contributed by atoms with Crippen molar-refractivity contribution in [1.29, 1.82) is 0 Å². The molecule has 0 aliphatic carbocycles. The molecule has 1 aliphatic rings. The Labute approximate surface area is 178 Å². The van der Waals surface area contributed by atoms with Crippen LogP contribution in [0.25, 0.3) is 10.7 Å². The zero-order valence-corrected chi connectivity index (χ0v) is 17.5. The van der Waals surface area contributed by atoms with Gasteiger partial charge in [-0.15, -0.1) is 11.3 Å². The zero-order valence-electron chi connectivity index (χ0n) is 16.6. The number of aromatic nitrogens is 3. The van der Waals surface area contributed by atoms with Gasteiger partial charge in [0.1, 0.15) is 5.01 Å². The Morgan fingerprint density at radius 1 is 1.30 bits per heavy atom. The van der Waals surface area contributed by atoms with Crippen LogP contribution in [-0.4, -0.2) is 38.2 Å². The summed E-state index contributed by atoms with van der Waals surface area (Å²) in [6.07, 6.45) is 4.38. The Morgan fingerprint density at radius 3 is 2.87 bits per heavy atom. The SMILES string of the molecule is C[C@@H]1[C@H](O)C[C@H](c2ccncc2NC(=O)c2nc(-c3nccs3)ccc2N)O[C@@H]1C. The summed E-state index contributed by atoms with van der Waals surface area (Å²) < 4.78 is 6.09. The third-order valence-corrected chi connectivity index (χ3v) is 6.22. The third-order valence-electron chi connectivity index (χ3n) is 5.42. The Kier molecular flexibility index (Phi) is 5.76. The molecule has 3 aromatic heterocycles. The fourth-order valence-electron chi connectivity index (χ4n) is 3.48. The first kappa shape index (κ1) is 20.4. The molecule has 4 N–H and O–H groups in total. The van der Waals surface area contributed by atoms with E-state index in [9.17, 15) is 9.90 Å². The van der Waals surface area contributed by atoms with E-state index in [-0.39, 0.29) is 29.5 Å². The summed E-state index contributed by atoms with van der Waals surface area (Å²) >= 11 is 1.43. The Morgan fingerprint density at radius 2 is 2.13 bits per heavy atom. The molecule has 0 unspecified atom stereocenters. The van der Waals surface area contributed by atoms with Crippen LogP contribution in [0.15, 0.2) is 42.2 Å². The maximum absolute atomic E-state index is 13.0. The van der Waals surface area contributed by atoms with Crippen LogP contribution in [-0.2, 0) is 4.74 Å². The number of anilines is 2. The van der Waals surface area contributed by atoms with E-state index in [4.69, 9.17) is 10.5 Å². The lowest BCUT2D eigenvalue weighted by atomic mass is 9.88. The second-order valence-corrected chi connectivity index (χ2v) is 8.28. The van der Waals surface area contributed by atoms with Gasteiger partial charge in [0, 0.05) is 35.7 Å². The molecular weight excluding hydrogens is 402 g/mol. The van der Waals surface area contributed by atoms with Gasteiger partial charge in [-0.05, 0) is 25.1 Å². The molecule has 4 heterocycles. The molecule has 8 nitrogen and oxygen atoms in total. The lowest BCUT2D eigenvalue weighted by Gasteiger charge is -2.37. The van der Waals surface area contributed by atoms with Crippen molar-refractivity contribution in [3.63, 3.8) is 0 Å². The van der Waals surface area contributed by atoms with Crippen molar-refractivity contribution in [2.45, 2.75) is 38.6 Å². The highest BCUT2D eigenvalue weighted by atomic mass is 32.1. The van der Waals surface area contributed by atoms with E-state index in [1.807, 2.05) is 19.2 Å². The molecule has 4 rings (SSSR count). The number of nitrogens with zero attached hydrogens (tertiary/aromatic N) is 3. The quantitative estimate of drug-likeness (QED) is 0.586. The van der Waals surface area contributed by atoms with Gasteiger partial charge in [-0.1, -0.05) is 6.92 Å². The molecule has 1 fully saturated rings. The molecule has 1 aliphatic heterocycles. The van der Waals surface area contributed by atoms with Crippen LogP contribution in [0.5, 0.6) is 0 Å². The molecule has 1 amide bonds. The van der Waals surface area contributed by atoms with Crippen LogP contribution in [0, 0.1) is 5.92 Å². The maximum Gasteiger partial charge on any atom is 0.276 e. The highest BCUT2D eigenvalue weighted by Crippen LogP contribution is 2.37. The number of rotatable bonds is 4. The molecule has 0 saturated carbocycles. The molecule has 3 aromatic rings. The molecule has 0 spiro atoms. The van der Waals surface area contributed by atoms with Crippen LogP contribution in [0.3, 0.4) is 0 Å². The Balaban J connectivity index is 1.60. The molecule has 156 valence electrons. The van der Waals surface area contributed by atoms with Crippen molar-refractivity contribution in [1.82, 2.24) is 15.0 Å². The van der Waals surface area contributed by atoms with Crippen molar-refractivity contribution in [3.8, 4) is 10.7 Å². The van der Waals surface area contributed by atoms with Gasteiger partial charge in [-0.2, -0.15) is 0 Å². The van der Waals surface area contributed by atoms with E-state index in [0.717, 1.165) is 5.56 Å². The third kappa shape index (κ3) is 4.04. The van der Waals surface area contributed by atoms with Gasteiger partial charge in [-0.25, -0.2) is 9.97 Å². The predicted octanol–water partition coefficient (Wildman–Crippen LogP) is 3.28. The zero-order chi connectivity index (χ0) is 21.3. The largest absolute Gasteiger partial charge is 0.397 e. The highest BCUT2D eigenvalue weighted by molar-refractivity contribution is 7.13. The average Bonchev–Trinajstić information content (AvgIpc) is 3.27. The smallest absolute Gasteiger partial charge is 0.276 e. The number of carbonyl (C=O) groups excluding carboxylic acids is 1. The van der Waals surface area contributed by atoms with E-state index in [1.54, 1.807) is 36.8 Å². The normalized spacial score (nSPS) is 23.8. The number of nitrogens with one attached hydrogen (secondary N) is 1. The minimum atomic E-state index is -0.484. The van der Waals surface area contributed by atoms with Crippen molar-refractivity contribution in [2.24, 2.45) is 5.92 Å². The minimum absolute atomic E-state index is 0.0405. The minimum Gasteiger partial charge on any atom is -0.397 e. The predicted molar refractivity (Wildman–Crippen MR) is 115 cm³/mol. The standard InChI is InChI=1S/C21H23N5O3S/c1-11-12(2)29-18(9-17(11)27)13-5-6-23-10-16(13)26-20(28)19-14(22)3-4-15(25-19)21-24-7-8-30-21/h3-8,10-12,17-18,27H,9,22H2,1-2H3,(H,26,28)/t11-,12+,17+,18+/m0/s1. The molecular formula is C21H23N5O3S. The van der Waals surface area contributed by atoms with Crippen LogP contribution in [0.1, 0.15) is 42.4 Å². The van der Waals surface area contributed by atoms with Crippen molar-refractivity contribution in [2.75, 3.05) is 11.1 Å². The summed E-state index contributed by atoms with van der Waals surface area (Å²) in [6, 6.07) is 5.17. The summed E-state index contributed by atoms with van der Waals surface area (Å²) in [5.74, 6) is -0.406. The topological polar surface area (TPSA) is 123 Å². The summed E-state index contributed by atoms with van der Waals surface area (Å²) in [7, 11) is 0. The first-order chi connectivity index (χ1) is 14.4. The van der Waals surface area contributed by atoms with Crippen molar-refractivity contribution in [3.05, 3.63) is 53.4 Å². The van der Waals surface area contributed by atoms with Gasteiger partial charge in [0.2, 0.25) is 0 Å². The summed E-state index contributed by atoms with van der Waals surface area (Å²) in [5, 5.41) is 15.8. The summed E-state index contributed by atoms with van der Waals surface area (Å²) in [6.45, 7) is 3.90. The number of thiazole rings is 1. The maximum atomic E-state index is 13.0. The van der Waals surface area contributed by atoms with Gasteiger partial charge in [0.05, 0.1) is 41.6 Å². The second-order valence-electron chi connectivity index (χ2n) is 7.38. The summed E-state index contributed by atoms with van der Waals surface area (Å²) in [4.78, 5) is 25.7. The fraction of sp³-hybridized carbons (Fsp3) is 0.333. The number of pyridine rings is 2. The lowest BCUT2D eigenvalue weighted by Crippen LogP contribution is -2.38. The fourth-order valence-corrected chi connectivity index (χ4v) is 4.09. The van der Waals surface area contributed by atoms with Gasteiger partial charge in [0.25, 0.3) is 5.91 Å². The van der Waals surface area contributed by atoms with Crippen LogP contribution >= 0.6 is 11.3 Å². The first-order valence-corrected chi connectivity index (χ1v) is 10.6. The van der Waals surface area contributed by atoms with Crippen LogP contribution in [0.2, 0.25) is 0 Å². The number of nitrogen functional groups attached to an aromatic ring is 1. The molecule has 1 saturated heterocycles. The number of aliphatic hydroxyl groups is 1. The number of amides is 1. The van der Waals surface area contributed by atoms with E-state index in [0.29, 0.717) is 22.8 Å². The van der Waals surface area contributed by atoms with Crippen LogP contribution < -0.4 is 11.1 Å². The van der Waals surface area contributed by atoms with E-state index in [2.05, 4.69) is 20.3 Å². The summed E-state index contributed by atoms with van der Waals surface area (Å²) in [5.41, 5.74) is 8.24. The molecule has 0 bridgehead atoms. The molecule has 9 heteroatoms. The number of aliphatic hydroxyl groups excluding tert-OH is 1. The highest BCUT2D eigenvalue weighted by Gasteiger charge is 2.34. The van der Waals surface area contributed by atoms with E-state index < -0.39 is 12.0 Å². The average molecular weight is 426 g/mol. The number of hydrogen-bond acceptors (Lipinski definition) is 8. The monoisotopic (exact) mass is 425 g/mol. The van der Waals surface area contributed by atoms with E-state index >= 15 is 0 Å². The number of ether oxygens (including phenoxy) is 1. The van der Waals surface area contributed by atoms with Gasteiger partial charge in [-0.3, -0.25) is 9.78 Å². The second kappa shape index (κ2) is 8.47. The molecule has 0 aromatic carbocycles.